The van der Waals surface area contributed by atoms with Crippen molar-refractivity contribution in [1.82, 2.24) is 24.3 Å². The van der Waals surface area contributed by atoms with E-state index in [9.17, 15) is 4.79 Å². The number of carbonyl (C=O) groups is 1. The fourth-order valence-electron chi connectivity index (χ4n) is 3.77. The number of nitrogens with one attached hydrogen (secondary N) is 3. The molecule has 2 heterocycles. The van der Waals surface area contributed by atoms with E-state index in [1.54, 1.807) is 30.1 Å². The lowest BCUT2D eigenvalue weighted by Crippen LogP contribution is -2.44. The Morgan fingerprint density at radius 1 is 1.05 bits per heavy atom. The number of nitriles is 1. The summed E-state index contributed by atoms with van der Waals surface area (Å²) in [6.45, 7) is 12.4. The summed E-state index contributed by atoms with van der Waals surface area (Å²) in [5.74, 6) is 1.29. The minimum atomic E-state index is 0.430. The van der Waals surface area contributed by atoms with Crippen LogP contribution in [0.4, 0.5) is 11.6 Å². The fraction of sp³-hybridized carbons (Fsp3) is 0.419. The Morgan fingerprint density at radius 2 is 1.73 bits per heavy atom. The molecule has 0 bridgehead atoms. The van der Waals surface area contributed by atoms with Crippen LogP contribution in [0.5, 0.6) is 5.75 Å². The molecule has 1 aliphatic heterocycles. The van der Waals surface area contributed by atoms with Crippen LogP contribution in [0, 0.1) is 18.3 Å². The van der Waals surface area contributed by atoms with Gasteiger partial charge in [-0.05, 0) is 61.3 Å². The maximum Gasteiger partial charge on any atom is 0.226 e. The van der Waals surface area contributed by atoms with Crippen LogP contribution in [0.1, 0.15) is 35.6 Å². The third-order valence-corrected chi connectivity index (χ3v) is 7.18. The number of aryl methyl sites for hydroxylation is 1. The summed E-state index contributed by atoms with van der Waals surface area (Å²) in [7, 11) is 2.92. The molecular weight excluding hydrogens is 597 g/mol. The SMILES string of the molecule is CC.CNc1ccc(SN2CCN(c3nc(C)cc(C#N)n3)CC2)cc1.CO.O=Cc1ccccc1OCCNCCNS. The molecule has 0 amide bonds. The number of piperazine rings is 1. The molecule has 4 N–H and O–H groups in total. The number of thiol groups is 1. The zero-order chi connectivity index (χ0) is 32.6. The van der Waals surface area contributed by atoms with E-state index in [2.05, 4.69) is 77.7 Å². The summed E-state index contributed by atoms with van der Waals surface area (Å²) in [5.41, 5.74) is 2.96. The van der Waals surface area contributed by atoms with Crippen molar-refractivity contribution in [2.75, 3.05) is 76.8 Å². The molecule has 240 valence electrons. The standard InChI is InChI=1S/C17H20N6S.C11H16N2O2S.C2H6.CH4O/c1-13-11-15(12-18)21-17(20-13)22-7-9-23(10-8-22)24-16-5-3-14(19-2)4-6-16;14-9-10-3-1-2-4-11(10)15-8-7-12-5-6-13-16;2*1-2/h3-6,11,19H,7-10H2,1-2H3;1-4,9,12-13,16H,5-8H2;1-2H3;2H,1H3. The first kappa shape index (κ1) is 38.6. The summed E-state index contributed by atoms with van der Waals surface area (Å²) in [5, 5.41) is 22.4. The third-order valence-electron chi connectivity index (χ3n) is 5.85. The molecule has 13 heteroatoms. The highest BCUT2D eigenvalue weighted by Gasteiger charge is 2.20. The van der Waals surface area contributed by atoms with Gasteiger partial charge in [-0.3, -0.25) is 9.52 Å². The highest BCUT2D eigenvalue weighted by atomic mass is 32.2. The molecule has 0 atom stereocenters. The lowest BCUT2D eigenvalue weighted by Gasteiger charge is -2.33. The van der Waals surface area contributed by atoms with Crippen LogP contribution in [0.3, 0.4) is 0 Å². The summed E-state index contributed by atoms with van der Waals surface area (Å²) < 4.78 is 10.6. The van der Waals surface area contributed by atoms with Crippen molar-refractivity contribution in [3.8, 4) is 11.8 Å². The van der Waals surface area contributed by atoms with Gasteiger partial charge in [0.2, 0.25) is 5.95 Å². The number of carbonyl (C=O) groups excluding carboxylic acids is 1. The second-order valence-electron chi connectivity index (χ2n) is 8.75. The number of anilines is 2. The Kier molecular flexibility index (Phi) is 21.1. The van der Waals surface area contributed by atoms with Gasteiger partial charge in [-0.2, -0.15) is 5.26 Å². The second kappa shape index (κ2) is 24.0. The number of hydrogen-bond acceptors (Lipinski definition) is 13. The lowest BCUT2D eigenvalue weighted by atomic mass is 10.2. The van der Waals surface area contributed by atoms with E-state index < -0.39 is 0 Å². The Balaban J connectivity index is 0.000000422. The van der Waals surface area contributed by atoms with Crippen LogP contribution >= 0.6 is 24.8 Å². The predicted molar refractivity (Wildman–Crippen MR) is 184 cm³/mol. The molecule has 1 aliphatic rings. The summed E-state index contributed by atoms with van der Waals surface area (Å²) in [6.07, 6.45) is 0.799. The molecule has 1 aromatic heterocycles. The Morgan fingerprint density at radius 3 is 2.34 bits per heavy atom. The number of aldehydes is 1. The molecule has 4 rings (SSSR count). The Labute approximate surface area is 272 Å². The quantitative estimate of drug-likeness (QED) is 0.0843. The molecule has 0 unspecified atom stereocenters. The van der Waals surface area contributed by atoms with Crippen LogP contribution in [0.25, 0.3) is 0 Å². The van der Waals surface area contributed by atoms with Crippen LogP contribution in [0.15, 0.2) is 59.5 Å². The molecule has 1 saturated heterocycles. The smallest absolute Gasteiger partial charge is 0.226 e. The number of rotatable bonds is 12. The van der Waals surface area contributed by atoms with Gasteiger partial charge in [-0.1, -0.05) is 38.8 Å². The number of ether oxygens (including phenoxy) is 1. The van der Waals surface area contributed by atoms with Crippen molar-refractivity contribution in [2.45, 2.75) is 25.7 Å². The maximum atomic E-state index is 10.7. The first-order valence-electron chi connectivity index (χ1n) is 14.5. The lowest BCUT2D eigenvalue weighted by molar-refractivity contribution is 0.111. The molecule has 0 radical (unpaired) electrons. The number of nitrogens with zero attached hydrogens (tertiary/aromatic N) is 5. The molecule has 2 aromatic carbocycles. The molecule has 44 heavy (non-hydrogen) atoms. The number of aromatic nitrogens is 2. The molecule has 0 spiro atoms. The average molecular weight is 643 g/mol. The molecule has 1 fully saturated rings. The number of benzene rings is 2. The van der Waals surface area contributed by atoms with E-state index in [0.29, 0.717) is 29.6 Å². The van der Waals surface area contributed by atoms with Gasteiger partial charge in [0.15, 0.2) is 6.29 Å². The van der Waals surface area contributed by atoms with Crippen LogP contribution in [-0.2, 0) is 0 Å². The Hall–Kier alpha value is -3.38. The highest BCUT2D eigenvalue weighted by molar-refractivity contribution is 7.97. The average Bonchev–Trinajstić information content (AvgIpc) is 3.09. The number of hydrogen-bond donors (Lipinski definition) is 5. The highest BCUT2D eigenvalue weighted by Crippen LogP contribution is 2.26. The summed E-state index contributed by atoms with van der Waals surface area (Å²) in [6, 6.07) is 19.4. The number of aliphatic hydroxyl groups excluding tert-OH is 1. The predicted octanol–water partition coefficient (Wildman–Crippen LogP) is 4.06. The van der Waals surface area contributed by atoms with Gasteiger partial charge in [0.25, 0.3) is 0 Å². The van der Waals surface area contributed by atoms with E-state index in [1.807, 2.05) is 40.0 Å². The van der Waals surface area contributed by atoms with Crippen molar-refractivity contribution in [2.24, 2.45) is 0 Å². The topological polar surface area (TPSA) is 139 Å². The largest absolute Gasteiger partial charge is 0.492 e. The molecular formula is C31H46N8O3S2. The van der Waals surface area contributed by atoms with E-state index in [-0.39, 0.29) is 0 Å². The van der Waals surface area contributed by atoms with Crippen molar-refractivity contribution >= 4 is 42.7 Å². The second-order valence-corrected chi connectivity index (χ2v) is 10.2. The van der Waals surface area contributed by atoms with Crippen molar-refractivity contribution in [3.05, 3.63) is 71.5 Å². The van der Waals surface area contributed by atoms with Gasteiger partial charge in [0, 0.05) is 76.2 Å². The summed E-state index contributed by atoms with van der Waals surface area (Å²) >= 11 is 5.65. The van der Waals surface area contributed by atoms with E-state index in [1.165, 1.54) is 4.90 Å². The third kappa shape index (κ3) is 14.4. The monoisotopic (exact) mass is 642 g/mol. The first-order valence-corrected chi connectivity index (χ1v) is 15.7. The van der Waals surface area contributed by atoms with E-state index in [4.69, 9.17) is 15.1 Å². The molecule has 0 aliphatic carbocycles. The zero-order valence-corrected chi connectivity index (χ0v) is 28.0. The minimum Gasteiger partial charge on any atom is -0.492 e. The van der Waals surface area contributed by atoms with Crippen molar-refractivity contribution in [3.63, 3.8) is 0 Å². The minimum absolute atomic E-state index is 0.430. The fourth-order valence-corrected chi connectivity index (χ4v) is 4.79. The van der Waals surface area contributed by atoms with E-state index in [0.717, 1.165) is 70.6 Å². The Bertz CT molecular complexity index is 1240. The number of aliphatic hydroxyl groups is 1. The normalized spacial score (nSPS) is 12.2. The molecule has 11 nitrogen and oxygen atoms in total. The van der Waals surface area contributed by atoms with Gasteiger partial charge in [0.1, 0.15) is 24.1 Å². The van der Waals surface area contributed by atoms with Crippen LogP contribution in [-0.4, -0.2) is 92.2 Å². The molecule has 3 aromatic rings. The molecule has 0 saturated carbocycles. The first-order chi connectivity index (χ1) is 21.6. The summed E-state index contributed by atoms with van der Waals surface area (Å²) in [4.78, 5) is 22.9. The van der Waals surface area contributed by atoms with Gasteiger partial charge in [-0.15, -0.1) is 0 Å². The van der Waals surface area contributed by atoms with Gasteiger partial charge in [0.05, 0.1) is 5.56 Å². The van der Waals surface area contributed by atoms with Crippen LogP contribution < -0.4 is 25.0 Å². The zero-order valence-electron chi connectivity index (χ0n) is 26.3. The van der Waals surface area contributed by atoms with Gasteiger partial charge >= 0.3 is 0 Å². The van der Waals surface area contributed by atoms with E-state index >= 15 is 0 Å². The van der Waals surface area contributed by atoms with Crippen molar-refractivity contribution < 1.29 is 14.6 Å². The van der Waals surface area contributed by atoms with Gasteiger partial charge in [-0.25, -0.2) is 14.3 Å². The number of para-hydroxylation sites is 1. The maximum absolute atomic E-state index is 10.7. The van der Waals surface area contributed by atoms with Crippen molar-refractivity contribution in [1.29, 1.82) is 5.26 Å². The van der Waals surface area contributed by atoms with Gasteiger partial charge < -0.3 is 25.4 Å². The van der Waals surface area contributed by atoms with Crippen LogP contribution in [0.2, 0.25) is 0 Å².